The van der Waals surface area contributed by atoms with Gasteiger partial charge in [0.1, 0.15) is 12.1 Å². The Morgan fingerprint density at radius 2 is 1.75 bits per heavy atom. The van der Waals surface area contributed by atoms with Crippen molar-refractivity contribution in [1.82, 2.24) is 19.9 Å². The molecule has 13 heteroatoms. The maximum Gasteiger partial charge on any atom is 0.275 e. The molecule has 2 aromatic carbocycles. The van der Waals surface area contributed by atoms with Crippen molar-refractivity contribution in [2.45, 2.75) is 44.6 Å². The molecule has 0 aliphatic heterocycles. The van der Waals surface area contributed by atoms with E-state index in [2.05, 4.69) is 30.5 Å². The van der Waals surface area contributed by atoms with Gasteiger partial charge < -0.3 is 25.4 Å². The number of nitro groups is 1. The highest BCUT2D eigenvalue weighted by Crippen LogP contribution is 2.46. The summed E-state index contributed by atoms with van der Waals surface area (Å²) in [5.74, 6) is -1.53. The van der Waals surface area contributed by atoms with Gasteiger partial charge in [0.15, 0.2) is 11.6 Å². The molecule has 4 rings (SSSR count). The van der Waals surface area contributed by atoms with Crippen molar-refractivity contribution in [3.8, 4) is 5.75 Å². The molecule has 0 radical (unpaired) electrons. The van der Waals surface area contributed by atoms with Gasteiger partial charge in [-0.1, -0.05) is 6.42 Å². The number of benzene rings is 2. The topological polar surface area (TPSA) is 139 Å². The predicted molar refractivity (Wildman–Crippen MR) is 146 cm³/mol. The van der Waals surface area contributed by atoms with E-state index in [1.807, 2.05) is 14.1 Å². The number of rotatable bonds is 10. The lowest BCUT2D eigenvalue weighted by Gasteiger charge is -2.24. The average Bonchev–Trinajstić information content (AvgIpc) is 3.32. The first-order valence-electron chi connectivity index (χ1n) is 12.8. The van der Waals surface area contributed by atoms with E-state index in [4.69, 9.17) is 4.74 Å². The molecule has 3 N–H and O–H groups in total. The molecule has 1 aromatic heterocycles. The molecule has 1 heterocycles. The molecule has 2 atom stereocenters. The molecule has 1 saturated carbocycles. The number of methoxy groups -OCH3 is 1. The molecule has 214 valence electrons. The van der Waals surface area contributed by atoms with Crippen LogP contribution in [0.1, 0.15) is 50.2 Å². The molecule has 1 aliphatic rings. The number of aromatic nitrogens is 3. The monoisotopic (exact) mass is 557 g/mol. The van der Waals surface area contributed by atoms with Gasteiger partial charge in [0.2, 0.25) is 11.9 Å². The molecule has 0 bridgehead atoms. The number of nitrogens with zero attached hydrogens (tertiary/aromatic N) is 5. The van der Waals surface area contributed by atoms with Crippen LogP contribution in [0.25, 0.3) is 0 Å². The third kappa shape index (κ3) is 6.42. The predicted octanol–water partition coefficient (Wildman–Crippen LogP) is 5.23. The molecule has 3 aromatic rings. The van der Waals surface area contributed by atoms with Crippen molar-refractivity contribution in [2.24, 2.45) is 5.92 Å². The molecule has 1 aliphatic carbocycles. The maximum absolute atomic E-state index is 14.0. The first-order chi connectivity index (χ1) is 18.9. The van der Waals surface area contributed by atoms with E-state index in [1.54, 1.807) is 6.07 Å². The Labute approximate surface area is 230 Å². The summed E-state index contributed by atoms with van der Waals surface area (Å²) in [5.41, 5.74) is -0.458. The third-order valence-corrected chi connectivity index (χ3v) is 6.99. The molecule has 0 amide bonds. The summed E-state index contributed by atoms with van der Waals surface area (Å²) < 4.78 is 33.5. The molecular formula is C27H33F2N7O4. The van der Waals surface area contributed by atoms with E-state index >= 15 is 0 Å². The number of hydrogen-bond acceptors (Lipinski definition) is 10. The normalized spacial score (nSPS) is 17.2. The summed E-state index contributed by atoms with van der Waals surface area (Å²) in [6.07, 6.45) is 4.03. The highest BCUT2D eigenvalue weighted by Gasteiger charge is 2.34. The van der Waals surface area contributed by atoms with Gasteiger partial charge in [0.25, 0.3) is 5.69 Å². The molecule has 11 nitrogen and oxygen atoms in total. The lowest BCUT2D eigenvalue weighted by molar-refractivity contribution is -0.385. The Kier molecular flexibility index (Phi) is 8.45. The highest BCUT2D eigenvalue weighted by atomic mass is 19.2. The van der Waals surface area contributed by atoms with E-state index in [1.165, 1.54) is 33.4 Å². The molecule has 0 spiro atoms. The second-order valence-corrected chi connectivity index (χ2v) is 10.7. The SMILES string of the molecule is COc1cc(C2CCC[C@@H]2CN(C)C)c([N+](=O)[O-])cc1Nc1ncnc(Nc2cc(F)c(F)cc2C(C)(C)O)n1. The molecular weight excluding hydrogens is 524 g/mol. The zero-order valence-corrected chi connectivity index (χ0v) is 23.0. The van der Waals surface area contributed by atoms with Gasteiger partial charge in [-0.2, -0.15) is 4.98 Å². The quantitative estimate of drug-likeness (QED) is 0.224. The largest absolute Gasteiger partial charge is 0.495 e. The Bertz CT molecular complexity index is 1400. The fraction of sp³-hybridized carbons (Fsp3) is 0.444. The van der Waals surface area contributed by atoms with Crippen molar-refractivity contribution in [1.29, 1.82) is 0 Å². The summed E-state index contributed by atoms with van der Waals surface area (Å²) in [6.45, 7) is 3.70. The van der Waals surface area contributed by atoms with Crippen LogP contribution in [0, 0.1) is 27.7 Å². The van der Waals surface area contributed by atoms with E-state index in [0.29, 0.717) is 17.2 Å². The van der Waals surface area contributed by atoms with Crippen LogP contribution in [0.2, 0.25) is 0 Å². The maximum atomic E-state index is 14.0. The van der Waals surface area contributed by atoms with Crippen LogP contribution in [-0.4, -0.2) is 57.6 Å². The molecule has 0 saturated heterocycles. The van der Waals surface area contributed by atoms with E-state index < -0.39 is 22.2 Å². The Morgan fingerprint density at radius 3 is 2.35 bits per heavy atom. The lowest BCUT2D eigenvalue weighted by atomic mass is 9.87. The Morgan fingerprint density at radius 1 is 1.10 bits per heavy atom. The number of nitrogens with one attached hydrogen (secondary N) is 2. The van der Waals surface area contributed by atoms with Crippen molar-refractivity contribution in [3.05, 3.63) is 63.5 Å². The number of anilines is 4. The van der Waals surface area contributed by atoms with Crippen LogP contribution in [0.4, 0.5) is 37.7 Å². The van der Waals surface area contributed by atoms with Gasteiger partial charge in [-0.25, -0.2) is 18.7 Å². The Balaban J connectivity index is 1.66. The fourth-order valence-corrected chi connectivity index (χ4v) is 5.25. The van der Waals surface area contributed by atoms with E-state index in [-0.39, 0.29) is 40.4 Å². The van der Waals surface area contributed by atoms with Gasteiger partial charge in [0.05, 0.1) is 29.0 Å². The molecule has 1 unspecified atom stereocenters. The summed E-state index contributed by atoms with van der Waals surface area (Å²) in [4.78, 5) is 26.2. The van der Waals surface area contributed by atoms with Gasteiger partial charge in [-0.3, -0.25) is 10.1 Å². The lowest BCUT2D eigenvalue weighted by Crippen LogP contribution is -2.24. The van der Waals surface area contributed by atoms with Crippen LogP contribution in [-0.2, 0) is 5.60 Å². The summed E-state index contributed by atoms with van der Waals surface area (Å²) in [7, 11) is 5.46. The van der Waals surface area contributed by atoms with Crippen LogP contribution in [0.5, 0.6) is 5.75 Å². The standard InChI is InChI=1S/C27H33F2N7O4/c1-27(2,37)18-10-19(28)20(29)11-21(18)32-25-30-14-31-26(34-25)33-22-12-23(36(38)39)17(9-24(22)40-5)16-8-6-7-15(16)13-35(3)4/h9-12,14-16,37H,6-8,13H2,1-5H3,(H2,30,31,32,33,34)/t15-,16?/m1/s1. The number of hydrogen-bond donors (Lipinski definition) is 3. The highest BCUT2D eigenvalue weighted by molar-refractivity contribution is 5.70. The van der Waals surface area contributed by atoms with Gasteiger partial charge >= 0.3 is 0 Å². The van der Waals surface area contributed by atoms with E-state index in [9.17, 15) is 24.0 Å². The summed E-state index contributed by atoms with van der Waals surface area (Å²) in [5, 5.41) is 28.3. The van der Waals surface area contributed by atoms with Crippen LogP contribution < -0.4 is 15.4 Å². The molecule has 1 fully saturated rings. The smallest absolute Gasteiger partial charge is 0.275 e. The van der Waals surface area contributed by atoms with Crippen molar-refractivity contribution in [3.63, 3.8) is 0 Å². The number of aliphatic hydroxyl groups is 1. The second-order valence-electron chi connectivity index (χ2n) is 10.7. The first-order valence-corrected chi connectivity index (χ1v) is 12.8. The summed E-state index contributed by atoms with van der Waals surface area (Å²) >= 11 is 0. The van der Waals surface area contributed by atoms with Crippen LogP contribution in [0.3, 0.4) is 0 Å². The fourth-order valence-electron chi connectivity index (χ4n) is 5.25. The minimum absolute atomic E-state index is 0.0246. The van der Waals surface area contributed by atoms with Gasteiger partial charge in [-0.15, -0.1) is 0 Å². The third-order valence-electron chi connectivity index (χ3n) is 6.99. The van der Waals surface area contributed by atoms with Gasteiger partial charge in [0, 0.05) is 29.8 Å². The average molecular weight is 558 g/mol. The van der Waals surface area contributed by atoms with Crippen molar-refractivity contribution < 1.29 is 23.5 Å². The second kappa shape index (κ2) is 11.6. The first kappa shape index (κ1) is 29.0. The number of ether oxygens (including phenoxy) is 1. The zero-order valence-electron chi connectivity index (χ0n) is 23.0. The molecule has 40 heavy (non-hydrogen) atoms. The van der Waals surface area contributed by atoms with Crippen molar-refractivity contribution in [2.75, 3.05) is 38.4 Å². The number of nitro benzene ring substituents is 1. The van der Waals surface area contributed by atoms with Crippen molar-refractivity contribution >= 4 is 29.0 Å². The minimum atomic E-state index is -1.50. The van der Waals surface area contributed by atoms with Gasteiger partial charge in [-0.05, 0) is 64.8 Å². The Hall–Kier alpha value is -3.97. The van der Waals surface area contributed by atoms with Crippen LogP contribution >= 0.6 is 0 Å². The van der Waals surface area contributed by atoms with E-state index in [0.717, 1.165) is 37.9 Å². The summed E-state index contributed by atoms with van der Waals surface area (Å²) in [6, 6.07) is 4.92. The van der Waals surface area contributed by atoms with Crippen LogP contribution in [0.15, 0.2) is 30.6 Å². The number of halogens is 2. The minimum Gasteiger partial charge on any atom is -0.495 e. The zero-order chi connectivity index (χ0) is 29.2.